The van der Waals surface area contributed by atoms with E-state index in [1.807, 2.05) is 12.2 Å². The van der Waals surface area contributed by atoms with Crippen LogP contribution in [0.4, 0.5) is 0 Å². The van der Waals surface area contributed by atoms with Gasteiger partial charge in [-0.2, -0.15) is 0 Å². The number of phosphoric ester groups is 1. The van der Waals surface area contributed by atoms with Crippen molar-refractivity contribution < 1.29 is 47.1 Å². The predicted molar refractivity (Wildman–Crippen MR) is 229 cm³/mol. The summed E-state index contributed by atoms with van der Waals surface area (Å²) in [6, 6.07) is 0. The molecule has 0 fully saturated rings. The molecule has 1 rings (SSSR count). The Morgan fingerprint density at radius 2 is 1.28 bits per heavy atom. The minimum absolute atomic E-state index is 0.0319. The quantitative estimate of drug-likeness (QED) is 0.0255. The van der Waals surface area contributed by atoms with E-state index in [4.69, 9.17) is 28.7 Å². The minimum atomic E-state index is -4.41. The number of hydrogen-bond acceptors (Lipinski definition) is 10. The Kier molecular flexibility index (Phi) is 31.3. The van der Waals surface area contributed by atoms with Crippen LogP contribution in [0.15, 0.2) is 53.0 Å². The Morgan fingerprint density at radius 1 is 0.719 bits per heavy atom. The van der Waals surface area contributed by atoms with E-state index < -0.39 is 32.5 Å². The van der Waals surface area contributed by atoms with Gasteiger partial charge >= 0.3 is 19.8 Å². The van der Waals surface area contributed by atoms with E-state index >= 15 is 0 Å². The van der Waals surface area contributed by atoms with Gasteiger partial charge in [-0.1, -0.05) is 107 Å². The van der Waals surface area contributed by atoms with Crippen molar-refractivity contribution in [2.45, 2.75) is 175 Å². The summed E-state index contributed by atoms with van der Waals surface area (Å²) < 4.78 is 38.8. The van der Waals surface area contributed by atoms with Gasteiger partial charge < -0.3 is 29.6 Å². The maximum absolute atomic E-state index is 12.6. The number of aryl methyl sites for hydroxylation is 2. The summed E-state index contributed by atoms with van der Waals surface area (Å²) in [6.07, 6.45) is 33.4. The summed E-state index contributed by atoms with van der Waals surface area (Å²) in [6.45, 7) is 7.65. The molecule has 0 aliphatic carbocycles. The molecule has 326 valence electrons. The number of aliphatic hydroxyl groups excluding tert-OH is 1. The second kappa shape index (κ2) is 34.1. The van der Waals surface area contributed by atoms with E-state index in [-0.39, 0.29) is 38.7 Å². The van der Waals surface area contributed by atoms with Gasteiger partial charge in [-0.05, 0) is 89.2 Å². The van der Waals surface area contributed by atoms with Gasteiger partial charge in [-0.15, -0.1) is 0 Å². The van der Waals surface area contributed by atoms with Crippen LogP contribution in [0.1, 0.15) is 158 Å². The fourth-order valence-electron chi connectivity index (χ4n) is 6.04. The summed E-state index contributed by atoms with van der Waals surface area (Å²) in [5.74, 6) is 1.34. The van der Waals surface area contributed by atoms with Crippen LogP contribution in [0.5, 0.6) is 0 Å². The lowest BCUT2D eigenvalue weighted by molar-refractivity contribution is -0.161. The number of furan rings is 1. The van der Waals surface area contributed by atoms with Crippen LogP contribution in [0, 0.1) is 13.8 Å². The molecule has 0 amide bonds. The van der Waals surface area contributed by atoms with Crippen molar-refractivity contribution in [3.63, 3.8) is 0 Å². The molecule has 57 heavy (non-hydrogen) atoms. The molecule has 1 aromatic heterocycles. The van der Waals surface area contributed by atoms with Crippen LogP contribution in [-0.2, 0) is 45.5 Å². The number of carbonyl (C=O) groups is 2. The molecule has 0 saturated carbocycles. The molecule has 0 bridgehead atoms. The number of rotatable bonds is 36. The molecule has 0 spiro atoms. The third-order valence-corrected chi connectivity index (χ3v) is 10.4. The van der Waals surface area contributed by atoms with Crippen molar-refractivity contribution in [3.05, 3.63) is 71.3 Å². The standard InChI is InChI=1S/C45H76NO10P/c1-5-28-40(47)30-24-20-16-12-10-8-7-9-11-13-18-22-26-32-44(48)52-36-41(37-54-57(50,51)53-35-34-46)55-45(49)33-27-23-19-15-14-17-21-25-31-43-39(4)38(3)42(56-43)29-6-2/h7,9-10,12-13,18,20,24,40-41,47H,5-6,8,11,14-17,19,21-23,25-37,46H2,1-4H3,(H,50,51)/b9-7-,12-10-,18-13-,24-20-/t40?,41-/m1/s1. The molecule has 0 radical (unpaired) electrons. The van der Waals surface area contributed by atoms with Crippen molar-refractivity contribution in [2.24, 2.45) is 5.73 Å². The van der Waals surface area contributed by atoms with Crippen molar-refractivity contribution >= 4 is 19.8 Å². The molecule has 12 heteroatoms. The summed E-state index contributed by atoms with van der Waals surface area (Å²) >= 11 is 0. The Bertz CT molecular complexity index is 1370. The lowest BCUT2D eigenvalue weighted by Crippen LogP contribution is -2.29. The summed E-state index contributed by atoms with van der Waals surface area (Å²) in [7, 11) is -4.41. The molecule has 0 aromatic carbocycles. The van der Waals surface area contributed by atoms with Crippen LogP contribution in [0.2, 0.25) is 0 Å². The number of phosphoric acid groups is 1. The maximum atomic E-state index is 12.6. The Balaban J connectivity index is 2.29. The predicted octanol–water partition coefficient (Wildman–Crippen LogP) is 10.6. The fourth-order valence-corrected chi connectivity index (χ4v) is 6.81. The number of carbonyl (C=O) groups excluding carboxylic acids is 2. The van der Waals surface area contributed by atoms with Gasteiger partial charge in [0.2, 0.25) is 0 Å². The topological polar surface area (TPSA) is 168 Å². The van der Waals surface area contributed by atoms with Gasteiger partial charge in [0, 0.05) is 32.2 Å². The minimum Gasteiger partial charge on any atom is -0.466 e. The number of hydrogen-bond donors (Lipinski definition) is 3. The molecule has 1 heterocycles. The van der Waals surface area contributed by atoms with Gasteiger partial charge in [0.25, 0.3) is 0 Å². The maximum Gasteiger partial charge on any atom is 0.472 e. The lowest BCUT2D eigenvalue weighted by Gasteiger charge is -2.19. The van der Waals surface area contributed by atoms with Gasteiger partial charge in [-0.25, -0.2) is 4.57 Å². The number of nitrogens with two attached hydrogens (primary N) is 1. The molecule has 4 N–H and O–H groups in total. The second-order valence-electron chi connectivity index (χ2n) is 14.6. The van der Waals surface area contributed by atoms with Gasteiger partial charge in [0.05, 0.1) is 19.3 Å². The molecule has 0 aliphatic heterocycles. The molecule has 0 saturated heterocycles. The molecule has 2 unspecified atom stereocenters. The van der Waals surface area contributed by atoms with Crippen LogP contribution < -0.4 is 5.73 Å². The van der Waals surface area contributed by atoms with Gasteiger partial charge in [-0.3, -0.25) is 18.6 Å². The summed E-state index contributed by atoms with van der Waals surface area (Å²) in [4.78, 5) is 34.9. The van der Waals surface area contributed by atoms with E-state index in [0.717, 1.165) is 95.0 Å². The number of allylic oxidation sites excluding steroid dienone is 7. The third kappa shape index (κ3) is 28.3. The summed E-state index contributed by atoms with van der Waals surface area (Å²) in [5, 5.41) is 9.72. The summed E-state index contributed by atoms with van der Waals surface area (Å²) in [5.41, 5.74) is 7.95. The molecular weight excluding hydrogens is 745 g/mol. The highest BCUT2D eigenvalue weighted by Gasteiger charge is 2.26. The number of aliphatic hydroxyl groups is 1. The van der Waals surface area contributed by atoms with Crippen LogP contribution in [0.3, 0.4) is 0 Å². The second-order valence-corrected chi connectivity index (χ2v) is 16.1. The normalized spacial score (nSPS) is 14.3. The molecular formula is C45H76NO10P. The van der Waals surface area contributed by atoms with Crippen molar-refractivity contribution in [2.75, 3.05) is 26.4 Å². The first-order chi connectivity index (χ1) is 27.5. The zero-order chi connectivity index (χ0) is 42.0. The molecule has 11 nitrogen and oxygen atoms in total. The average Bonchev–Trinajstić information content (AvgIpc) is 3.45. The largest absolute Gasteiger partial charge is 0.472 e. The SMILES string of the molecule is CCCc1oc(CCCCCCCCCCC(=O)O[C@H](COC(=O)CCC/C=C\C/C=C\C/C=C\C/C=C\CC(O)CCC)COP(=O)(O)OCCN)c(C)c1C. The average molecular weight is 822 g/mol. The molecule has 3 atom stereocenters. The highest BCUT2D eigenvalue weighted by Crippen LogP contribution is 2.43. The molecule has 0 aliphatic rings. The number of unbranched alkanes of at least 4 members (excludes halogenated alkanes) is 8. The first kappa shape index (κ1) is 52.2. The Labute approximate surface area is 344 Å². The lowest BCUT2D eigenvalue weighted by atomic mass is 10.0. The van der Waals surface area contributed by atoms with Gasteiger partial charge in [0.1, 0.15) is 18.1 Å². The van der Waals surface area contributed by atoms with E-state index in [2.05, 4.69) is 64.2 Å². The zero-order valence-electron chi connectivity index (χ0n) is 35.6. The first-order valence-corrected chi connectivity index (χ1v) is 23.0. The smallest absolute Gasteiger partial charge is 0.466 e. The van der Waals surface area contributed by atoms with E-state index in [1.165, 1.54) is 24.0 Å². The van der Waals surface area contributed by atoms with Crippen LogP contribution in [-0.4, -0.2) is 60.5 Å². The first-order valence-electron chi connectivity index (χ1n) is 21.6. The number of ether oxygens (including phenoxy) is 2. The zero-order valence-corrected chi connectivity index (χ0v) is 36.5. The Morgan fingerprint density at radius 3 is 1.89 bits per heavy atom. The van der Waals surface area contributed by atoms with E-state index in [9.17, 15) is 24.2 Å². The highest BCUT2D eigenvalue weighted by atomic mass is 31.2. The van der Waals surface area contributed by atoms with Crippen molar-refractivity contribution in [1.82, 2.24) is 0 Å². The van der Waals surface area contributed by atoms with E-state index in [0.29, 0.717) is 25.7 Å². The third-order valence-electron chi connectivity index (χ3n) is 9.45. The monoisotopic (exact) mass is 822 g/mol. The Hall–Kier alpha value is -2.79. The van der Waals surface area contributed by atoms with Crippen LogP contribution >= 0.6 is 7.82 Å². The molecule has 1 aromatic rings. The van der Waals surface area contributed by atoms with Crippen molar-refractivity contribution in [3.8, 4) is 0 Å². The fraction of sp³-hybridized carbons (Fsp3) is 0.689. The number of esters is 2. The van der Waals surface area contributed by atoms with Gasteiger partial charge in [0.15, 0.2) is 6.10 Å². The van der Waals surface area contributed by atoms with E-state index in [1.54, 1.807) is 0 Å². The highest BCUT2D eigenvalue weighted by molar-refractivity contribution is 7.47. The van der Waals surface area contributed by atoms with Crippen LogP contribution in [0.25, 0.3) is 0 Å². The van der Waals surface area contributed by atoms with Crippen molar-refractivity contribution in [1.29, 1.82) is 0 Å².